The van der Waals surface area contributed by atoms with Crippen LogP contribution in [-0.2, 0) is 35.2 Å². The van der Waals surface area contributed by atoms with E-state index < -0.39 is 42.1 Å². The average molecular weight is 538 g/mol. The summed E-state index contributed by atoms with van der Waals surface area (Å²) in [5.41, 5.74) is 1.63. The van der Waals surface area contributed by atoms with Gasteiger partial charge in [-0.1, -0.05) is 30.3 Å². The first-order valence-electron chi connectivity index (χ1n) is 12.6. The standard InChI is InChI=1S/C29H31NO9/c1-17(31)30-15-27(23-12-21(10-11-25(23)30)36-16-20-8-6-5-7-9-20)39-22-13-24(29(34)35-4)28(38-19(3)33)26(14-22)37-18(2)32/h5-12,15,22,24,26,28H,13-14,16H2,1-4H3/t22-,24+,26-,28-/m1/s1. The van der Waals surface area contributed by atoms with Crippen LogP contribution in [0.5, 0.6) is 11.5 Å². The summed E-state index contributed by atoms with van der Waals surface area (Å²) >= 11 is 0. The molecule has 0 radical (unpaired) electrons. The fourth-order valence-electron chi connectivity index (χ4n) is 4.87. The molecule has 1 fully saturated rings. The Balaban J connectivity index is 1.64. The van der Waals surface area contributed by atoms with Gasteiger partial charge in [-0.15, -0.1) is 0 Å². The van der Waals surface area contributed by atoms with Gasteiger partial charge in [-0.2, -0.15) is 0 Å². The van der Waals surface area contributed by atoms with E-state index in [1.165, 1.54) is 32.4 Å². The van der Waals surface area contributed by atoms with Crippen molar-refractivity contribution in [1.29, 1.82) is 0 Å². The SMILES string of the molecule is COC(=O)[C@H]1C[C@@H](Oc2cn(C(C)=O)c3ccc(OCc4ccccc4)cc23)C[C@@H](OC(C)=O)[C@@H]1OC(C)=O. The fraction of sp³-hybridized carbons (Fsp3) is 0.379. The van der Waals surface area contributed by atoms with Crippen LogP contribution in [0.25, 0.3) is 10.9 Å². The number of benzene rings is 2. The van der Waals surface area contributed by atoms with Gasteiger partial charge in [0.2, 0.25) is 5.91 Å². The lowest BCUT2D eigenvalue weighted by Gasteiger charge is -2.38. The summed E-state index contributed by atoms with van der Waals surface area (Å²) in [6.07, 6.45) is -0.693. The minimum atomic E-state index is -1.02. The smallest absolute Gasteiger partial charge is 0.312 e. The predicted molar refractivity (Wildman–Crippen MR) is 139 cm³/mol. The third kappa shape index (κ3) is 6.57. The highest BCUT2D eigenvalue weighted by Gasteiger charge is 2.47. The van der Waals surface area contributed by atoms with Crippen molar-refractivity contribution in [3.8, 4) is 11.5 Å². The van der Waals surface area contributed by atoms with E-state index in [2.05, 4.69) is 0 Å². The van der Waals surface area contributed by atoms with Crippen LogP contribution in [0.2, 0.25) is 0 Å². The molecule has 0 unspecified atom stereocenters. The maximum atomic E-state index is 12.7. The van der Waals surface area contributed by atoms with Crippen molar-refractivity contribution < 1.29 is 42.9 Å². The largest absolute Gasteiger partial charge is 0.489 e. The molecule has 4 atom stereocenters. The van der Waals surface area contributed by atoms with E-state index in [9.17, 15) is 19.2 Å². The van der Waals surface area contributed by atoms with E-state index in [0.717, 1.165) is 5.56 Å². The Kier molecular flexibility index (Phi) is 8.53. The molecule has 1 saturated carbocycles. The number of esters is 3. The molecule has 0 aliphatic heterocycles. The Morgan fingerprint density at radius 2 is 1.64 bits per heavy atom. The Morgan fingerprint density at radius 1 is 0.923 bits per heavy atom. The second-order valence-corrected chi connectivity index (χ2v) is 9.40. The van der Waals surface area contributed by atoms with Crippen LogP contribution in [0.3, 0.4) is 0 Å². The molecule has 0 N–H and O–H groups in total. The third-order valence-electron chi connectivity index (χ3n) is 6.52. The zero-order valence-electron chi connectivity index (χ0n) is 22.2. The first-order chi connectivity index (χ1) is 18.7. The maximum Gasteiger partial charge on any atom is 0.312 e. The third-order valence-corrected chi connectivity index (χ3v) is 6.52. The molecule has 1 heterocycles. The molecule has 1 aromatic heterocycles. The number of ether oxygens (including phenoxy) is 5. The molecule has 0 amide bonds. The molecule has 0 saturated heterocycles. The number of methoxy groups -OCH3 is 1. The first kappa shape index (κ1) is 27.7. The summed E-state index contributed by atoms with van der Waals surface area (Å²) in [4.78, 5) is 48.6. The Bertz CT molecular complexity index is 1360. The highest BCUT2D eigenvalue weighted by atomic mass is 16.6. The van der Waals surface area contributed by atoms with Crippen LogP contribution < -0.4 is 9.47 Å². The Morgan fingerprint density at radius 3 is 2.28 bits per heavy atom. The molecular weight excluding hydrogens is 506 g/mol. The molecule has 4 rings (SSSR count). The molecule has 0 spiro atoms. The zero-order chi connectivity index (χ0) is 28.1. The number of hydrogen-bond acceptors (Lipinski definition) is 9. The van der Waals surface area contributed by atoms with Crippen LogP contribution in [-0.4, -0.2) is 53.8 Å². The molecule has 0 bridgehead atoms. The molecule has 1 aliphatic rings. The van der Waals surface area contributed by atoms with Crippen LogP contribution in [0, 0.1) is 5.92 Å². The maximum absolute atomic E-state index is 12.7. The van der Waals surface area contributed by atoms with Gasteiger partial charge in [0.1, 0.15) is 36.2 Å². The van der Waals surface area contributed by atoms with E-state index in [1.54, 1.807) is 24.4 Å². The number of rotatable bonds is 8. The zero-order valence-corrected chi connectivity index (χ0v) is 22.2. The summed E-state index contributed by atoms with van der Waals surface area (Å²) in [6.45, 7) is 4.26. The average Bonchev–Trinajstić information content (AvgIpc) is 3.26. The van der Waals surface area contributed by atoms with E-state index in [1.807, 2.05) is 30.3 Å². The summed E-state index contributed by atoms with van der Waals surface area (Å²) in [5, 5.41) is 0.636. The van der Waals surface area contributed by atoms with E-state index in [0.29, 0.717) is 29.0 Å². The number of hydrogen-bond donors (Lipinski definition) is 0. The summed E-state index contributed by atoms with van der Waals surface area (Å²) < 4.78 is 29.6. The minimum Gasteiger partial charge on any atom is -0.489 e. The molecule has 10 heteroatoms. The molecule has 10 nitrogen and oxygen atoms in total. The highest BCUT2D eigenvalue weighted by molar-refractivity contribution is 5.96. The lowest BCUT2D eigenvalue weighted by molar-refractivity contribution is -0.186. The quantitative estimate of drug-likeness (QED) is 0.309. The minimum absolute atomic E-state index is 0.138. The van der Waals surface area contributed by atoms with Crippen LogP contribution in [0.15, 0.2) is 54.7 Å². The lowest BCUT2D eigenvalue weighted by atomic mass is 9.82. The Labute approximate surface area is 225 Å². The number of aromatic nitrogens is 1. The molecule has 39 heavy (non-hydrogen) atoms. The Hall–Kier alpha value is -4.34. The van der Waals surface area contributed by atoms with Gasteiger partial charge in [-0.3, -0.25) is 23.7 Å². The monoisotopic (exact) mass is 537 g/mol. The predicted octanol–water partition coefficient (Wildman–Crippen LogP) is 4.07. The number of carbonyl (C=O) groups is 4. The summed E-state index contributed by atoms with van der Waals surface area (Å²) in [7, 11) is 1.23. The van der Waals surface area contributed by atoms with Gasteiger partial charge in [0, 0.05) is 39.0 Å². The van der Waals surface area contributed by atoms with Crippen LogP contribution >= 0.6 is 0 Å². The van der Waals surface area contributed by atoms with Crippen molar-refractivity contribution in [2.45, 2.75) is 58.5 Å². The van der Waals surface area contributed by atoms with E-state index >= 15 is 0 Å². The molecule has 1 aliphatic carbocycles. The fourth-order valence-corrected chi connectivity index (χ4v) is 4.87. The molecular formula is C29H31NO9. The van der Waals surface area contributed by atoms with Crippen molar-refractivity contribution in [3.63, 3.8) is 0 Å². The molecule has 3 aromatic rings. The number of fused-ring (bicyclic) bond motifs is 1. The van der Waals surface area contributed by atoms with Crippen molar-refractivity contribution in [2.75, 3.05) is 7.11 Å². The number of carbonyl (C=O) groups excluding carboxylic acids is 4. The van der Waals surface area contributed by atoms with E-state index in [-0.39, 0.29) is 18.7 Å². The lowest BCUT2D eigenvalue weighted by Crippen LogP contribution is -2.51. The molecule has 206 valence electrons. The van der Waals surface area contributed by atoms with Crippen LogP contribution in [0.4, 0.5) is 0 Å². The summed E-state index contributed by atoms with van der Waals surface area (Å²) in [6, 6.07) is 15.1. The second-order valence-electron chi connectivity index (χ2n) is 9.40. The van der Waals surface area contributed by atoms with Gasteiger partial charge in [0.25, 0.3) is 0 Å². The van der Waals surface area contributed by atoms with Gasteiger partial charge in [-0.25, -0.2) is 0 Å². The normalized spacial score (nSPS) is 20.6. The van der Waals surface area contributed by atoms with Crippen molar-refractivity contribution in [3.05, 3.63) is 60.3 Å². The molecule has 2 aromatic carbocycles. The van der Waals surface area contributed by atoms with Crippen molar-refractivity contribution in [2.24, 2.45) is 5.92 Å². The van der Waals surface area contributed by atoms with E-state index in [4.69, 9.17) is 23.7 Å². The van der Waals surface area contributed by atoms with Crippen LogP contribution in [0.1, 0.15) is 44.0 Å². The topological polar surface area (TPSA) is 119 Å². The van der Waals surface area contributed by atoms with Crippen molar-refractivity contribution in [1.82, 2.24) is 4.57 Å². The van der Waals surface area contributed by atoms with Gasteiger partial charge >= 0.3 is 17.9 Å². The highest BCUT2D eigenvalue weighted by Crippen LogP contribution is 2.37. The van der Waals surface area contributed by atoms with Gasteiger partial charge < -0.3 is 23.7 Å². The van der Waals surface area contributed by atoms with Gasteiger partial charge in [-0.05, 0) is 23.8 Å². The number of nitrogens with zero attached hydrogens (tertiary/aromatic N) is 1. The second kappa shape index (κ2) is 12.0. The van der Waals surface area contributed by atoms with Gasteiger partial charge in [0.05, 0.1) is 18.8 Å². The summed E-state index contributed by atoms with van der Waals surface area (Å²) in [5.74, 6) is -1.97. The first-order valence-corrected chi connectivity index (χ1v) is 12.6. The van der Waals surface area contributed by atoms with Crippen molar-refractivity contribution >= 4 is 34.7 Å². The van der Waals surface area contributed by atoms with Gasteiger partial charge in [0.15, 0.2) is 6.10 Å².